The lowest BCUT2D eigenvalue weighted by Gasteiger charge is -2.07. The van der Waals surface area contributed by atoms with E-state index in [9.17, 15) is 0 Å². The number of aryl methyl sites for hydroxylation is 1. The van der Waals surface area contributed by atoms with Crippen molar-refractivity contribution in [2.24, 2.45) is 0 Å². The van der Waals surface area contributed by atoms with Crippen molar-refractivity contribution in [3.05, 3.63) is 59.5 Å². The van der Waals surface area contributed by atoms with Gasteiger partial charge in [-0.2, -0.15) is 0 Å². The van der Waals surface area contributed by atoms with Crippen molar-refractivity contribution in [2.45, 2.75) is 6.92 Å². The Morgan fingerprint density at radius 3 is 2.43 bits per heavy atom. The molecular formula is C18H14N4S. The molecule has 4 nitrogen and oxygen atoms in total. The van der Waals surface area contributed by atoms with Crippen LogP contribution in [0.1, 0.15) is 4.88 Å². The number of hydrogen-bond donors (Lipinski definition) is 1. The van der Waals surface area contributed by atoms with Crippen LogP contribution in [0.25, 0.3) is 32.9 Å². The Morgan fingerprint density at radius 1 is 0.870 bits per heavy atom. The zero-order valence-electron chi connectivity index (χ0n) is 12.5. The second-order valence-electron chi connectivity index (χ2n) is 5.27. The predicted molar refractivity (Wildman–Crippen MR) is 95.2 cm³/mol. The van der Waals surface area contributed by atoms with Gasteiger partial charge < -0.3 is 5.73 Å². The largest absolute Gasteiger partial charge is 0.368 e. The molecule has 0 amide bonds. The molecule has 0 radical (unpaired) electrons. The fourth-order valence-corrected chi connectivity index (χ4v) is 3.38. The first-order chi connectivity index (χ1) is 11.2. The highest BCUT2D eigenvalue weighted by molar-refractivity contribution is 7.15. The summed E-state index contributed by atoms with van der Waals surface area (Å²) in [6.07, 6.45) is 0. The van der Waals surface area contributed by atoms with Crippen LogP contribution in [0, 0.1) is 6.92 Å². The number of nitrogen functional groups attached to an aromatic ring is 1. The van der Waals surface area contributed by atoms with Gasteiger partial charge in [-0.1, -0.05) is 30.3 Å². The number of rotatable bonds is 2. The van der Waals surface area contributed by atoms with Crippen LogP contribution in [0.3, 0.4) is 0 Å². The molecule has 0 aliphatic carbocycles. The van der Waals surface area contributed by atoms with Crippen LogP contribution >= 0.6 is 11.3 Å². The molecule has 5 heteroatoms. The Morgan fingerprint density at radius 2 is 1.70 bits per heavy atom. The first kappa shape index (κ1) is 13.8. The van der Waals surface area contributed by atoms with Gasteiger partial charge in [-0.05, 0) is 31.2 Å². The lowest BCUT2D eigenvalue weighted by atomic mass is 10.1. The quantitative estimate of drug-likeness (QED) is 0.598. The van der Waals surface area contributed by atoms with Gasteiger partial charge in [-0.15, -0.1) is 11.3 Å². The Balaban J connectivity index is 1.98. The summed E-state index contributed by atoms with van der Waals surface area (Å²) in [7, 11) is 0. The van der Waals surface area contributed by atoms with Gasteiger partial charge in [0.25, 0.3) is 0 Å². The average molecular weight is 318 g/mol. The van der Waals surface area contributed by atoms with E-state index in [4.69, 9.17) is 10.7 Å². The smallest absolute Gasteiger partial charge is 0.221 e. The number of thiophene rings is 1. The third kappa shape index (κ3) is 2.55. The van der Waals surface area contributed by atoms with Crippen LogP contribution in [0.2, 0.25) is 0 Å². The lowest BCUT2D eigenvalue weighted by Crippen LogP contribution is -1.99. The van der Waals surface area contributed by atoms with Crippen molar-refractivity contribution in [1.29, 1.82) is 0 Å². The van der Waals surface area contributed by atoms with Crippen molar-refractivity contribution in [2.75, 3.05) is 5.73 Å². The average Bonchev–Trinajstić information content (AvgIpc) is 3.01. The molecule has 0 bridgehead atoms. The van der Waals surface area contributed by atoms with Gasteiger partial charge in [0, 0.05) is 10.4 Å². The standard InChI is InChI=1S/C18H14N4S/c1-11-7-10-15(23-11)13-8-9-14-17(20-13)16(22-18(19)21-14)12-5-3-2-4-6-12/h2-10H,1H3,(H2,19,21,22). The maximum absolute atomic E-state index is 5.87. The van der Waals surface area contributed by atoms with Gasteiger partial charge in [0.05, 0.1) is 16.1 Å². The second kappa shape index (κ2) is 5.44. The summed E-state index contributed by atoms with van der Waals surface area (Å²) in [6, 6.07) is 18.1. The molecule has 0 saturated carbocycles. The first-order valence-corrected chi connectivity index (χ1v) is 8.09. The zero-order chi connectivity index (χ0) is 15.8. The van der Waals surface area contributed by atoms with E-state index in [1.165, 1.54) is 4.88 Å². The summed E-state index contributed by atoms with van der Waals surface area (Å²) in [5.74, 6) is 0.262. The summed E-state index contributed by atoms with van der Waals surface area (Å²) in [5.41, 5.74) is 10.1. The Kier molecular flexibility index (Phi) is 3.28. The minimum Gasteiger partial charge on any atom is -0.368 e. The highest BCUT2D eigenvalue weighted by Gasteiger charge is 2.12. The molecule has 2 N–H and O–H groups in total. The topological polar surface area (TPSA) is 64.7 Å². The fourth-order valence-electron chi connectivity index (χ4n) is 2.54. The molecule has 0 fully saturated rings. The van der Waals surface area contributed by atoms with E-state index >= 15 is 0 Å². The van der Waals surface area contributed by atoms with E-state index in [0.717, 1.165) is 32.9 Å². The summed E-state index contributed by atoms with van der Waals surface area (Å²) in [5, 5.41) is 0. The molecule has 23 heavy (non-hydrogen) atoms. The molecule has 0 atom stereocenters. The summed E-state index contributed by atoms with van der Waals surface area (Å²) >= 11 is 1.73. The van der Waals surface area contributed by atoms with E-state index in [2.05, 4.69) is 29.0 Å². The fraction of sp³-hybridized carbons (Fsp3) is 0.0556. The third-order valence-electron chi connectivity index (χ3n) is 3.60. The van der Waals surface area contributed by atoms with Gasteiger partial charge in [-0.25, -0.2) is 15.0 Å². The van der Waals surface area contributed by atoms with Crippen LogP contribution in [0.15, 0.2) is 54.6 Å². The van der Waals surface area contributed by atoms with E-state index < -0.39 is 0 Å². The number of pyridine rings is 1. The van der Waals surface area contributed by atoms with Crippen molar-refractivity contribution in [3.63, 3.8) is 0 Å². The van der Waals surface area contributed by atoms with Gasteiger partial charge >= 0.3 is 0 Å². The monoisotopic (exact) mass is 318 g/mol. The number of benzene rings is 1. The number of nitrogens with two attached hydrogens (primary N) is 1. The van der Waals surface area contributed by atoms with Crippen LogP contribution in [0.4, 0.5) is 5.95 Å². The van der Waals surface area contributed by atoms with Gasteiger partial charge in [-0.3, -0.25) is 0 Å². The second-order valence-corrected chi connectivity index (χ2v) is 6.56. The Hall–Kier alpha value is -2.79. The van der Waals surface area contributed by atoms with Crippen molar-refractivity contribution in [3.8, 4) is 21.8 Å². The van der Waals surface area contributed by atoms with Crippen LogP contribution in [-0.2, 0) is 0 Å². The molecule has 4 aromatic rings. The van der Waals surface area contributed by atoms with Gasteiger partial charge in [0.2, 0.25) is 5.95 Å². The van der Waals surface area contributed by atoms with E-state index in [0.29, 0.717) is 0 Å². The Labute approximate surface area is 137 Å². The van der Waals surface area contributed by atoms with Crippen LogP contribution < -0.4 is 5.73 Å². The maximum Gasteiger partial charge on any atom is 0.221 e. The van der Waals surface area contributed by atoms with E-state index in [-0.39, 0.29) is 5.95 Å². The minimum atomic E-state index is 0.262. The highest BCUT2D eigenvalue weighted by atomic mass is 32.1. The molecule has 3 heterocycles. The summed E-state index contributed by atoms with van der Waals surface area (Å²) < 4.78 is 0. The van der Waals surface area contributed by atoms with Crippen molar-refractivity contribution in [1.82, 2.24) is 15.0 Å². The van der Waals surface area contributed by atoms with Crippen LogP contribution in [-0.4, -0.2) is 15.0 Å². The Bertz CT molecular complexity index is 993. The predicted octanol–water partition coefficient (Wildman–Crippen LogP) is 4.31. The molecular weight excluding hydrogens is 304 g/mol. The van der Waals surface area contributed by atoms with Gasteiger partial charge in [0.1, 0.15) is 11.2 Å². The summed E-state index contributed by atoms with van der Waals surface area (Å²) in [4.78, 5) is 15.9. The molecule has 0 aliphatic heterocycles. The molecule has 0 aliphatic rings. The zero-order valence-corrected chi connectivity index (χ0v) is 13.3. The number of aromatic nitrogens is 3. The van der Waals surface area contributed by atoms with Crippen molar-refractivity contribution >= 4 is 28.3 Å². The molecule has 3 aromatic heterocycles. The van der Waals surface area contributed by atoms with E-state index in [1.807, 2.05) is 42.5 Å². The number of anilines is 1. The van der Waals surface area contributed by atoms with E-state index in [1.54, 1.807) is 11.3 Å². The third-order valence-corrected chi connectivity index (χ3v) is 4.62. The molecule has 0 spiro atoms. The van der Waals surface area contributed by atoms with Gasteiger partial charge in [0.15, 0.2) is 0 Å². The SMILES string of the molecule is Cc1ccc(-c2ccc3nc(N)nc(-c4ccccc4)c3n2)s1. The highest BCUT2D eigenvalue weighted by Crippen LogP contribution is 2.30. The summed E-state index contributed by atoms with van der Waals surface area (Å²) in [6.45, 7) is 2.09. The van der Waals surface area contributed by atoms with Crippen LogP contribution in [0.5, 0.6) is 0 Å². The molecule has 4 rings (SSSR count). The maximum atomic E-state index is 5.87. The minimum absolute atomic E-state index is 0.262. The molecule has 1 aromatic carbocycles. The molecule has 0 unspecified atom stereocenters. The number of fused-ring (bicyclic) bond motifs is 1. The molecule has 112 valence electrons. The number of hydrogen-bond acceptors (Lipinski definition) is 5. The molecule has 0 saturated heterocycles. The lowest BCUT2D eigenvalue weighted by molar-refractivity contribution is 1.22. The first-order valence-electron chi connectivity index (χ1n) is 7.27. The normalized spacial score (nSPS) is 11.0. The number of nitrogens with zero attached hydrogens (tertiary/aromatic N) is 3. The van der Waals surface area contributed by atoms with Crippen molar-refractivity contribution < 1.29 is 0 Å².